The van der Waals surface area contributed by atoms with E-state index in [1.807, 2.05) is 6.92 Å². The Morgan fingerprint density at radius 3 is 2.31 bits per heavy atom. The first kappa shape index (κ1) is 21.8. The van der Waals surface area contributed by atoms with Crippen LogP contribution in [0.15, 0.2) is 24.3 Å². The number of rotatable bonds is 10. The number of halogens is 1. The van der Waals surface area contributed by atoms with Crippen LogP contribution in [0.2, 0.25) is 5.02 Å². The van der Waals surface area contributed by atoms with Crippen molar-refractivity contribution >= 4 is 29.6 Å². The highest BCUT2D eigenvalue weighted by atomic mass is 35.5. The Labute approximate surface area is 157 Å². The van der Waals surface area contributed by atoms with Crippen molar-refractivity contribution in [3.63, 3.8) is 0 Å². The monoisotopic (exact) mass is 385 g/mol. The Hall–Kier alpha value is -2.28. The summed E-state index contributed by atoms with van der Waals surface area (Å²) in [5.74, 6) is -1.43. The Morgan fingerprint density at radius 1 is 1.12 bits per heavy atom. The van der Waals surface area contributed by atoms with Gasteiger partial charge < -0.3 is 19.9 Å². The number of amides is 1. The quantitative estimate of drug-likeness (QED) is 0.465. The van der Waals surface area contributed by atoms with Gasteiger partial charge in [0.25, 0.3) is 0 Å². The first-order valence-electron chi connectivity index (χ1n) is 8.49. The minimum atomic E-state index is -0.974. The van der Waals surface area contributed by atoms with Gasteiger partial charge in [0.1, 0.15) is 0 Å². The number of nitrogens with one attached hydrogen (secondary N) is 1. The molecule has 1 rings (SSSR count). The van der Waals surface area contributed by atoms with E-state index in [4.69, 9.17) is 26.2 Å². The molecule has 144 valence electrons. The van der Waals surface area contributed by atoms with E-state index in [0.717, 1.165) is 0 Å². The fourth-order valence-corrected chi connectivity index (χ4v) is 2.31. The molecule has 7 nitrogen and oxygen atoms in total. The van der Waals surface area contributed by atoms with Gasteiger partial charge in [-0.25, -0.2) is 4.79 Å². The van der Waals surface area contributed by atoms with E-state index >= 15 is 0 Å². The van der Waals surface area contributed by atoms with Crippen molar-refractivity contribution in [1.82, 2.24) is 5.32 Å². The normalized spacial score (nSPS) is 12.7. The van der Waals surface area contributed by atoms with Crippen LogP contribution in [0.25, 0.3) is 0 Å². The zero-order valence-electron chi connectivity index (χ0n) is 14.9. The molecule has 0 saturated heterocycles. The van der Waals surface area contributed by atoms with Crippen LogP contribution in [0, 0.1) is 0 Å². The molecule has 2 N–H and O–H groups in total. The number of carbonyl (C=O) groups is 3. The van der Waals surface area contributed by atoms with Crippen LogP contribution in [0.3, 0.4) is 0 Å². The summed E-state index contributed by atoms with van der Waals surface area (Å²) in [5.41, 5.74) is 0.699. The predicted molar refractivity (Wildman–Crippen MR) is 95.8 cm³/mol. The van der Waals surface area contributed by atoms with Crippen molar-refractivity contribution in [3.05, 3.63) is 34.9 Å². The highest BCUT2D eigenvalue weighted by Crippen LogP contribution is 2.21. The highest BCUT2D eigenvalue weighted by Gasteiger charge is 2.21. The highest BCUT2D eigenvalue weighted by molar-refractivity contribution is 6.30. The summed E-state index contributed by atoms with van der Waals surface area (Å²) in [6.45, 7) is 3.52. The molecule has 0 spiro atoms. The molecular weight excluding hydrogens is 362 g/mol. The average molecular weight is 386 g/mol. The minimum Gasteiger partial charge on any atom is -0.481 e. The number of carboxylic acid groups (broad SMARTS) is 1. The zero-order valence-corrected chi connectivity index (χ0v) is 15.6. The summed E-state index contributed by atoms with van der Waals surface area (Å²) >= 11 is 5.86. The molecule has 0 fully saturated rings. The van der Waals surface area contributed by atoms with Crippen molar-refractivity contribution in [3.8, 4) is 0 Å². The number of carboxylic acids is 1. The summed E-state index contributed by atoms with van der Waals surface area (Å²) in [4.78, 5) is 34.5. The van der Waals surface area contributed by atoms with Crippen LogP contribution in [-0.2, 0) is 19.1 Å². The molecule has 0 heterocycles. The smallest absolute Gasteiger partial charge is 0.410 e. The van der Waals surface area contributed by atoms with E-state index in [2.05, 4.69) is 5.32 Å². The fourth-order valence-electron chi connectivity index (χ4n) is 2.19. The fraction of sp³-hybridized carbons (Fsp3) is 0.500. The van der Waals surface area contributed by atoms with Crippen molar-refractivity contribution in [1.29, 1.82) is 0 Å². The molecule has 0 aromatic heterocycles. The van der Waals surface area contributed by atoms with Crippen molar-refractivity contribution in [2.45, 2.75) is 58.3 Å². The Balaban J connectivity index is 2.77. The third-order valence-corrected chi connectivity index (χ3v) is 3.78. The Kier molecular flexibility index (Phi) is 9.51. The topological polar surface area (TPSA) is 102 Å². The molecule has 1 amide bonds. The number of alkyl carbamates (subject to hydrolysis) is 1. The number of hydrogen-bond donors (Lipinski definition) is 2. The molecule has 26 heavy (non-hydrogen) atoms. The molecule has 0 aliphatic heterocycles. The van der Waals surface area contributed by atoms with Crippen LogP contribution < -0.4 is 5.32 Å². The molecule has 0 aliphatic carbocycles. The van der Waals surface area contributed by atoms with Gasteiger partial charge in [-0.05, 0) is 30.5 Å². The lowest BCUT2D eigenvalue weighted by Gasteiger charge is -2.22. The van der Waals surface area contributed by atoms with Gasteiger partial charge in [0.2, 0.25) is 6.29 Å². The number of aliphatic carboxylic acids is 1. The maximum Gasteiger partial charge on any atom is 0.410 e. The third-order valence-electron chi connectivity index (χ3n) is 3.53. The Bertz CT molecular complexity index is 604. The van der Waals surface area contributed by atoms with Crippen molar-refractivity contribution < 1.29 is 29.0 Å². The molecule has 0 radical (unpaired) electrons. The Morgan fingerprint density at radius 2 is 1.77 bits per heavy atom. The van der Waals surface area contributed by atoms with Gasteiger partial charge in [-0.15, -0.1) is 0 Å². The number of carbonyl (C=O) groups excluding carboxylic acids is 2. The second kappa shape index (κ2) is 11.4. The first-order chi connectivity index (χ1) is 12.3. The summed E-state index contributed by atoms with van der Waals surface area (Å²) in [6.07, 6.45) is -0.489. The van der Waals surface area contributed by atoms with Gasteiger partial charge in [-0.2, -0.15) is 0 Å². The molecule has 2 atom stereocenters. The lowest BCUT2D eigenvalue weighted by Crippen LogP contribution is -2.34. The summed E-state index contributed by atoms with van der Waals surface area (Å²) in [6, 6.07) is 6.15. The number of benzene rings is 1. The summed E-state index contributed by atoms with van der Waals surface area (Å²) in [5, 5.41) is 12.1. The third kappa shape index (κ3) is 8.20. The zero-order chi connectivity index (χ0) is 19.5. The number of ether oxygens (including phenoxy) is 2. The molecule has 2 unspecified atom stereocenters. The van der Waals surface area contributed by atoms with Crippen LogP contribution >= 0.6 is 11.6 Å². The van der Waals surface area contributed by atoms with E-state index in [9.17, 15) is 14.4 Å². The second-order valence-electron chi connectivity index (χ2n) is 5.65. The van der Waals surface area contributed by atoms with Gasteiger partial charge in [-0.3, -0.25) is 9.59 Å². The molecule has 1 aromatic rings. The number of esters is 1. The van der Waals surface area contributed by atoms with Gasteiger partial charge >= 0.3 is 18.0 Å². The lowest BCUT2D eigenvalue weighted by molar-refractivity contribution is -0.168. The van der Waals surface area contributed by atoms with Crippen LogP contribution in [0.5, 0.6) is 0 Å². The van der Waals surface area contributed by atoms with Gasteiger partial charge in [0, 0.05) is 24.3 Å². The van der Waals surface area contributed by atoms with Crippen molar-refractivity contribution in [2.75, 3.05) is 0 Å². The minimum absolute atomic E-state index is 0.128. The predicted octanol–water partition coefficient (Wildman–Crippen LogP) is 4.05. The van der Waals surface area contributed by atoms with E-state index in [-0.39, 0.29) is 19.3 Å². The summed E-state index contributed by atoms with van der Waals surface area (Å²) < 4.78 is 10.3. The maximum absolute atomic E-state index is 12.2. The molecule has 0 saturated carbocycles. The standard InChI is InChI=1S/C18H24ClNO6/c1-3-5-17(25-16(23)4-2)26-18(24)20-14(10-11-15(21)22)12-6-8-13(19)9-7-12/h6-9,14,17H,3-5,10-11H2,1-2H3,(H,20,24)(H,21,22). The van der Waals surface area contributed by atoms with E-state index in [1.54, 1.807) is 31.2 Å². The molecule has 0 bridgehead atoms. The molecule has 8 heteroatoms. The van der Waals surface area contributed by atoms with E-state index in [1.165, 1.54) is 0 Å². The van der Waals surface area contributed by atoms with E-state index in [0.29, 0.717) is 23.4 Å². The van der Waals surface area contributed by atoms with E-state index < -0.39 is 30.4 Å². The van der Waals surface area contributed by atoms with Gasteiger partial charge in [0.05, 0.1) is 6.04 Å². The average Bonchev–Trinajstić information content (AvgIpc) is 2.59. The van der Waals surface area contributed by atoms with Crippen molar-refractivity contribution in [2.24, 2.45) is 0 Å². The largest absolute Gasteiger partial charge is 0.481 e. The lowest BCUT2D eigenvalue weighted by atomic mass is 10.0. The van der Waals surface area contributed by atoms with Gasteiger partial charge in [-0.1, -0.05) is 37.6 Å². The summed E-state index contributed by atoms with van der Waals surface area (Å²) in [7, 11) is 0. The van der Waals surface area contributed by atoms with Crippen LogP contribution in [0.1, 0.15) is 57.6 Å². The second-order valence-corrected chi connectivity index (χ2v) is 6.08. The first-order valence-corrected chi connectivity index (χ1v) is 8.87. The number of hydrogen-bond acceptors (Lipinski definition) is 5. The molecule has 1 aromatic carbocycles. The van der Waals surface area contributed by atoms with Gasteiger partial charge in [0.15, 0.2) is 0 Å². The SMILES string of the molecule is CCCC(OC(=O)CC)OC(=O)NC(CCC(=O)O)c1ccc(Cl)cc1. The molecular formula is C18H24ClNO6. The molecule has 0 aliphatic rings. The van der Waals surface area contributed by atoms with Crippen LogP contribution in [-0.4, -0.2) is 29.4 Å². The van der Waals surface area contributed by atoms with Crippen LogP contribution in [0.4, 0.5) is 4.79 Å². The maximum atomic E-state index is 12.2.